The van der Waals surface area contributed by atoms with E-state index in [4.69, 9.17) is 9.47 Å². The van der Waals surface area contributed by atoms with Crippen molar-refractivity contribution in [3.63, 3.8) is 0 Å². The Kier molecular flexibility index (Phi) is 7.90. The molecule has 0 unspecified atom stereocenters. The van der Waals surface area contributed by atoms with Crippen molar-refractivity contribution in [3.05, 3.63) is 144 Å². The minimum Gasteiger partial charge on any atom is -0.438 e. The minimum absolute atomic E-state index is 0.259. The second-order valence-corrected chi connectivity index (χ2v) is 14.5. The van der Waals surface area contributed by atoms with Crippen LogP contribution in [-0.2, 0) is 5.41 Å². The molecule has 0 aliphatic rings. The summed E-state index contributed by atoms with van der Waals surface area (Å²) in [4.78, 5) is 22.8. The van der Waals surface area contributed by atoms with Crippen LogP contribution < -0.4 is 9.47 Å². The second-order valence-electron chi connectivity index (χ2n) is 12.4. The molecule has 8 aromatic rings. The first-order chi connectivity index (χ1) is 23.8. The minimum atomic E-state index is -0.259. The SMILES string of the molecule is Cc1nc(Oc2ccc(C(C)(C)c3ccc(Oc4nc(C)nc5sc(-c6ccccc6)cc45)cc3)cc2)c2cc(-c3ccccc3)sc2n1. The van der Waals surface area contributed by atoms with Gasteiger partial charge < -0.3 is 9.47 Å². The topological polar surface area (TPSA) is 70.0 Å². The van der Waals surface area contributed by atoms with E-state index in [0.29, 0.717) is 23.4 Å². The Morgan fingerprint density at radius 1 is 0.490 bits per heavy atom. The zero-order valence-corrected chi connectivity index (χ0v) is 29.1. The van der Waals surface area contributed by atoms with E-state index >= 15 is 0 Å². The van der Waals surface area contributed by atoms with Gasteiger partial charge in [-0.15, -0.1) is 22.7 Å². The molecule has 0 N–H and O–H groups in total. The second kappa shape index (κ2) is 12.5. The Morgan fingerprint density at radius 2 is 0.878 bits per heavy atom. The van der Waals surface area contributed by atoms with Crippen molar-refractivity contribution in [2.75, 3.05) is 0 Å². The van der Waals surface area contributed by atoms with Crippen LogP contribution in [0.15, 0.2) is 121 Å². The Hall–Kier alpha value is -5.44. The molecule has 4 aromatic heterocycles. The van der Waals surface area contributed by atoms with Gasteiger partial charge in [-0.1, -0.05) is 98.8 Å². The van der Waals surface area contributed by atoms with Crippen LogP contribution in [0, 0.1) is 13.8 Å². The third-order valence-corrected chi connectivity index (χ3v) is 10.8. The lowest BCUT2D eigenvalue weighted by atomic mass is 9.78. The van der Waals surface area contributed by atoms with Gasteiger partial charge >= 0.3 is 0 Å². The van der Waals surface area contributed by atoms with E-state index in [9.17, 15) is 0 Å². The average molecular weight is 677 g/mol. The summed E-state index contributed by atoms with van der Waals surface area (Å²) in [6.45, 7) is 8.24. The summed E-state index contributed by atoms with van der Waals surface area (Å²) in [5.41, 5.74) is 4.38. The Labute approximate surface area is 292 Å². The summed E-state index contributed by atoms with van der Waals surface area (Å²) in [6.07, 6.45) is 0. The van der Waals surface area contributed by atoms with Gasteiger partial charge in [0.1, 0.15) is 32.8 Å². The fraction of sp³-hybridized carbons (Fsp3) is 0.122. The van der Waals surface area contributed by atoms with Gasteiger partial charge in [0.25, 0.3) is 0 Å². The van der Waals surface area contributed by atoms with Gasteiger partial charge in [-0.2, -0.15) is 9.97 Å². The molecule has 8 rings (SSSR count). The number of ether oxygens (including phenoxy) is 2. The molecule has 0 aliphatic carbocycles. The molecule has 0 bridgehead atoms. The van der Waals surface area contributed by atoms with Crippen molar-refractivity contribution < 1.29 is 9.47 Å². The lowest BCUT2D eigenvalue weighted by Crippen LogP contribution is -2.18. The molecule has 49 heavy (non-hydrogen) atoms. The number of hydrogen-bond acceptors (Lipinski definition) is 8. The quantitative estimate of drug-likeness (QED) is 0.160. The molecule has 8 heteroatoms. The summed E-state index contributed by atoms with van der Waals surface area (Å²) in [6, 6.07) is 41.4. The lowest BCUT2D eigenvalue weighted by molar-refractivity contribution is 0.465. The smallest absolute Gasteiger partial charge is 0.231 e. The molecule has 6 nitrogen and oxygen atoms in total. The van der Waals surface area contributed by atoms with Crippen molar-refractivity contribution in [3.8, 4) is 44.1 Å². The maximum atomic E-state index is 6.36. The van der Waals surface area contributed by atoms with Gasteiger partial charge in [0, 0.05) is 15.2 Å². The van der Waals surface area contributed by atoms with Crippen LogP contribution in [0.1, 0.15) is 36.6 Å². The fourth-order valence-corrected chi connectivity index (χ4v) is 8.05. The molecule has 0 saturated heterocycles. The van der Waals surface area contributed by atoms with E-state index in [-0.39, 0.29) is 5.41 Å². The highest BCUT2D eigenvalue weighted by Crippen LogP contribution is 2.40. The molecule has 0 spiro atoms. The van der Waals surface area contributed by atoms with Gasteiger partial charge in [-0.05, 0) is 72.5 Å². The van der Waals surface area contributed by atoms with Crippen molar-refractivity contribution >= 4 is 43.1 Å². The van der Waals surface area contributed by atoms with Crippen LogP contribution in [-0.4, -0.2) is 19.9 Å². The van der Waals surface area contributed by atoms with Crippen molar-refractivity contribution in [2.45, 2.75) is 33.1 Å². The predicted molar refractivity (Wildman–Crippen MR) is 200 cm³/mol. The zero-order valence-electron chi connectivity index (χ0n) is 27.5. The lowest BCUT2D eigenvalue weighted by Gasteiger charge is -2.26. The zero-order chi connectivity index (χ0) is 33.5. The number of thiophene rings is 2. The van der Waals surface area contributed by atoms with Crippen molar-refractivity contribution in [1.29, 1.82) is 0 Å². The number of benzene rings is 4. The molecule has 0 atom stereocenters. The van der Waals surface area contributed by atoms with Crippen LogP contribution >= 0.6 is 22.7 Å². The number of fused-ring (bicyclic) bond motifs is 2. The normalized spacial score (nSPS) is 11.7. The Morgan fingerprint density at radius 3 is 1.27 bits per heavy atom. The maximum absolute atomic E-state index is 6.36. The van der Waals surface area contributed by atoms with Gasteiger partial charge in [-0.25, -0.2) is 9.97 Å². The summed E-state index contributed by atoms with van der Waals surface area (Å²) in [5.74, 6) is 3.95. The van der Waals surface area contributed by atoms with Gasteiger partial charge in [0.05, 0.1) is 10.8 Å². The summed E-state index contributed by atoms with van der Waals surface area (Å²) >= 11 is 3.30. The van der Waals surface area contributed by atoms with E-state index < -0.39 is 0 Å². The highest BCUT2D eigenvalue weighted by Gasteiger charge is 2.24. The molecule has 0 saturated carbocycles. The highest BCUT2D eigenvalue weighted by molar-refractivity contribution is 7.22. The van der Waals surface area contributed by atoms with Crippen LogP contribution in [0.3, 0.4) is 0 Å². The molecule has 0 radical (unpaired) electrons. The largest absolute Gasteiger partial charge is 0.438 e. The van der Waals surface area contributed by atoms with E-state index in [1.54, 1.807) is 22.7 Å². The summed E-state index contributed by atoms with van der Waals surface area (Å²) in [5, 5.41) is 1.82. The van der Waals surface area contributed by atoms with Crippen LogP contribution in [0.4, 0.5) is 0 Å². The van der Waals surface area contributed by atoms with Gasteiger partial charge in [-0.3, -0.25) is 0 Å². The van der Waals surface area contributed by atoms with Gasteiger partial charge in [0.15, 0.2) is 0 Å². The Balaban J connectivity index is 1.01. The first-order valence-corrected chi connectivity index (χ1v) is 17.7. The van der Waals surface area contributed by atoms with Gasteiger partial charge in [0.2, 0.25) is 11.8 Å². The van der Waals surface area contributed by atoms with E-state index in [1.165, 1.54) is 11.1 Å². The third kappa shape index (κ3) is 6.17. The van der Waals surface area contributed by atoms with Crippen molar-refractivity contribution in [1.82, 2.24) is 19.9 Å². The molecule has 4 heterocycles. The molecular weight excluding hydrogens is 645 g/mol. The number of hydrogen-bond donors (Lipinski definition) is 0. The van der Waals surface area contributed by atoms with Crippen LogP contribution in [0.25, 0.3) is 41.3 Å². The van der Waals surface area contributed by atoms with Crippen LogP contribution in [0.2, 0.25) is 0 Å². The first kappa shape index (κ1) is 30.9. The molecule has 240 valence electrons. The first-order valence-electron chi connectivity index (χ1n) is 16.0. The standard InChI is InChI=1S/C41H32N4O2S2/c1-25-42-37(33-23-35(48-39(33)44-25)27-11-7-5-8-12-27)46-31-19-15-29(16-20-31)41(3,4)30-17-21-32(22-18-30)47-38-34-24-36(28-13-9-6-10-14-28)49-40(34)45-26(2)43-38/h5-24H,1-4H3. The van der Waals surface area contributed by atoms with E-state index in [0.717, 1.165) is 52.8 Å². The summed E-state index contributed by atoms with van der Waals surface area (Å²) in [7, 11) is 0. The number of aromatic nitrogens is 4. The van der Waals surface area contributed by atoms with Crippen molar-refractivity contribution in [2.24, 2.45) is 0 Å². The highest BCUT2D eigenvalue weighted by atomic mass is 32.1. The molecular formula is C41H32N4O2S2. The molecule has 0 aliphatic heterocycles. The maximum Gasteiger partial charge on any atom is 0.231 e. The van der Waals surface area contributed by atoms with E-state index in [2.05, 4.69) is 94.4 Å². The average Bonchev–Trinajstić information content (AvgIpc) is 3.75. The molecule has 4 aromatic carbocycles. The number of aryl methyl sites for hydroxylation is 2. The number of rotatable bonds is 8. The van der Waals surface area contributed by atoms with Crippen LogP contribution in [0.5, 0.6) is 23.3 Å². The molecule has 0 amide bonds. The number of nitrogens with zero attached hydrogens (tertiary/aromatic N) is 4. The predicted octanol–water partition coefficient (Wildman–Crippen LogP) is 11.6. The monoisotopic (exact) mass is 676 g/mol. The summed E-state index contributed by atoms with van der Waals surface area (Å²) < 4.78 is 12.7. The van der Waals surface area contributed by atoms with E-state index in [1.807, 2.05) is 74.5 Å². The third-order valence-electron chi connectivity index (χ3n) is 8.64. The Bertz CT molecular complexity index is 2250. The molecule has 0 fully saturated rings. The fourth-order valence-electron chi connectivity index (χ4n) is 5.91.